The van der Waals surface area contributed by atoms with Gasteiger partial charge in [0.15, 0.2) is 0 Å². The lowest BCUT2D eigenvalue weighted by atomic mass is 10.2. The van der Waals surface area contributed by atoms with E-state index in [-0.39, 0.29) is 6.10 Å². The van der Waals surface area contributed by atoms with Gasteiger partial charge in [-0.15, -0.1) is 0 Å². The zero-order valence-electron chi connectivity index (χ0n) is 4.40. The van der Waals surface area contributed by atoms with Crippen molar-refractivity contribution in [2.75, 3.05) is 0 Å². The molecule has 0 heterocycles. The maximum absolute atomic E-state index is 10.3. The van der Waals surface area contributed by atoms with Crippen molar-refractivity contribution in [2.45, 2.75) is 32.8 Å². The normalized spacial score (nSPS) is 10.0. The molecule has 0 aliphatic rings. The summed E-state index contributed by atoms with van der Waals surface area (Å²) in [6.45, 7) is 3.84. The Morgan fingerprint density at radius 2 is 1.67 bits per heavy atom. The maximum Gasteiger partial charge on any atom is 0.0924 e. The molecule has 0 saturated heterocycles. The molecular weight excluding hydrogens is 76.1 g/mol. The first kappa shape index (κ1) is 5.96. The third kappa shape index (κ3) is 2.21. The van der Waals surface area contributed by atoms with Gasteiger partial charge in [0, 0.05) is 0 Å². The van der Waals surface area contributed by atoms with Gasteiger partial charge in [-0.1, -0.05) is 13.8 Å². The molecule has 1 nitrogen and oxygen atoms in total. The van der Waals surface area contributed by atoms with Crippen molar-refractivity contribution in [3.63, 3.8) is 0 Å². The van der Waals surface area contributed by atoms with E-state index in [1.807, 2.05) is 13.8 Å². The van der Waals surface area contributed by atoms with Crippen molar-refractivity contribution < 1.29 is 5.11 Å². The summed E-state index contributed by atoms with van der Waals surface area (Å²) in [5, 5.41) is 10.3. The van der Waals surface area contributed by atoms with Crippen LogP contribution >= 0.6 is 0 Å². The van der Waals surface area contributed by atoms with Crippen LogP contribution in [0.2, 0.25) is 0 Å². The van der Waals surface area contributed by atoms with Crippen LogP contribution in [0.3, 0.4) is 0 Å². The van der Waals surface area contributed by atoms with Crippen molar-refractivity contribution >= 4 is 0 Å². The van der Waals surface area contributed by atoms with Gasteiger partial charge in [-0.25, -0.2) is 5.11 Å². The molecule has 0 spiro atoms. The Labute approximate surface area is 39.0 Å². The van der Waals surface area contributed by atoms with E-state index in [1.165, 1.54) is 0 Å². The topological polar surface area (TPSA) is 19.9 Å². The zero-order chi connectivity index (χ0) is 4.99. The van der Waals surface area contributed by atoms with Gasteiger partial charge in [0.2, 0.25) is 0 Å². The third-order valence-electron chi connectivity index (χ3n) is 0.911. The van der Waals surface area contributed by atoms with E-state index in [0.717, 1.165) is 12.8 Å². The molecule has 0 saturated carbocycles. The fraction of sp³-hybridized carbons (Fsp3) is 1.00. The second kappa shape index (κ2) is 3.16. The highest BCUT2D eigenvalue weighted by Gasteiger charge is 1.93. The van der Waals surface area contributed by atoms with Crippen molar-refractivity contribution in [1.29, 1.82) is 0 Å². The lowest BCUT2D eigenvalue weighted by Gasteiger charge is -1.94. The summed E-state index contributed by atoms with van der Waals surface area (Å²) < 4.78 is 0. The molecule has 0 atom stereocenters. The molecule has 0 aliphatic carbocycles. The third-order valence-corrected chi connectivity index (χ3v) is 0.911. The van der Waals surface area contributed by atoms with E-state index in [1.54, 1.807) is 0 Å². The summed E-state index contributed by atoms with van der Waals surface area (Å²) >= 11 is 0. The molecule has 0 aromatic carbocycles. The van der Waals surface area contributed by atoms with Crippen LogP contribution in [-0.4, -0.2) is 6.10 Å². The van der Waals surface area contributed by atoms with Gasteiger partial charge in [-0.05, 0) is 12.8 Å². The Bertz CT molecular complexity index is 23.1. The fourth-order valence-electron chi connectivity index (χ4n) is 0.289. The summed E-state index contributed by atoms with van der Waals surface area (Å²) in [7, 11) is 0. The van der Waals surface area contributed by atoms with E-state index in [2.05, 4.69) is 0 Å². The number of rotatable bonds is 2. The summed E-state index contributed by atoms with van der Waals surface area (Å²) in [6, 6.07) is 0. The largest absolute Gasteiger partial charge is 0.233 e. The number of hydrogen-bond acceptors (Lipinski definition) is 0. The Hall–Kier alpha value is -0.0400. The van der Waals surface area contributed by atoms with Crippen molar-refractivity contribution in [1.82, 2.24) is 0 Å². The molecule has 1 radical (unpaired) electrons. The lowest BCUT2D eigenvalue weighted by Crippen LogP contribution is -1.97. The Morgan fingerprint density at radius 3 is 1.67 bits per heavy atom. The van der Waals surface area contributed by atoms with Crippen LogP contribution in [0.25, 0.3) is 0 Å². The van der Waals surface area contributed by atoms with Gasteiger partial charge in [0.25, 0.3) is 0 Å². The van der Waals surface area contributed by atoms with Gasteiger partial charge in [-0.2, -0.15) is 0 Å². The minimum absolute atomic E-state index is 0.315. The molecule has 0 aliphatic heterocycles. The van der Waals surface area contributed by atoms with E-state index >= 15 is 0 Å². The molecule has 0 rings (SSSR count). The predicted molar refractivity (Wildman–Crippen MR) is 25.1 cm³/mol. The van der Waals surface area contributed by atoms with Crippen molar-refractivity contribution in [3.05, 3.63) is 0 Å². The highest BCUT2D eigenvalue weighted by Crippen LogP contribution is 1.93. The van der Waals surface area contributed by atoms with Crippen molar-refractivity contribution in [3.8, 4) is 0 Å². The van der Waals surface area contributed by atoms with Crippen LogP contribution in [0.1, 0.15) is 26.7 Å². The van der Waals surface area contributed by atoms with E-state index < -0.39 is 0 Å². The van der Waals surface area contributed by atoms with Crippen molar-refractivity contribution in [2.24, 2.45) is 0 Å². The van der Waals surface area contributed by atoms with E-state index in [0.29, 0.717) is 0 Å². The smallest absolute Gasteiger partial charge is 0.0924 e. The summed E-state index contributed by atoms with van der Waals surface area (Å²) in [5.41, 5.74) is 0. The Morgan fingerprint density at radius 1 is 1.33 bits per heavy atom. The Kier molecular flexibility index (Phi) is 3.14. The van der Waals surface area contributed by atoms with Crippen LogP contribution in [0.15, 0.2) is 0 Å². The van der Waals surface area contributed by atoms with Crippen LogP contribution < -0.4 is 0 Å². The molecule has 0 fully saturated rings. The molecule has 0 N–H and O–H groups in total. The average Bonchev–Trinajstić information content (AvgIpc) is 1.65. The van der Waals surface area contributed by atoms with Crippen LogP contribution in [0.5, 0.6) is 0 Å². The minimum atomic E-state index is -0.315. The van der Waals surface area contributed by atoms with Crippen LogP contribution in [0.4, 0.5) is 0 Å². The highest BCUT2D eigenvalue weighted by molar-refractivity contribution is 4.43. The van der Waals surface area contributed by atoms with Gasteiger partial charge in [0.05, 0.1) is 6.10 Å². The molecule has 0 unspecified atom stereocenters. The van der Waals surface area contributed by atoms with Gasteiger partial charge in [-0.3, -0.25) is 0 Å². The first-order valence-corrected chi connectivity index (χ1v) is 2.47. The van der Waals surface area contributed by atoms with Gasteiger partial charge >= 0.3 is 0 Å². The molecule has 37 valence electrons. The molecule has 0 aromatic rings. The monoisotopic (exact) mass is 87.1 g/mol. The average molecular weight is 87.1 g/mol. The SMILES string of the molecule is CCC([O])CC. The molecule has 1 heteroatoms. The van der Waals surface area contributed by atoms with Gasteiger partial charge in [0.1, 0.15) is 0 Å². The highest BCUT2D eigenvalue weighted by atomic mass is 16.3. The van der Waals surface area contributed by atoms with Gasteiger partial charge < -0.3 is 0 Å². The van der Waals surface area contributed by atoms with Crippen LogP contribution in [-0.2, 0) is 5.11 Å². The standard InChI is InChI=1S/C5H11O/c1-3-5(6)4-2/h5H,3-4H2,1-2H3. The summed E-state index contributed by atoms with van der Waals surface area (Å²) in [6.07, 6.45) is 1.23. The quantitative estimate of drug-likeness (QED) is 0.487. The lowest BCUT2D eigenvalue weighted by molar-refractivity contribution is 0.0824. The molecule has 6 heavy (non-hydrogen) atoms. The first-order chi connectivity index (χ1) is 2.81. The fourth-order valence-corrected chi connectivity index (χ4v) is 0.289. The molecular formula is C5H11O. The van der Waals surface area contributed by atoms with Crippen LogP contribution in [0, 0.1) is 0 Å². The van der Waals surface area contributed by atoms with E-state index in [9.17, 15) is 5.11 Å². The molecule has 0 amide bonds. The second-order valence-corrected chi connectivity index (χ2v) is 1.44. The van der Waals surface area contributed by atoms with E-state index in [4.69, 9.17) is 0 Å². The summed E-state index contributed by atoms with van der Waals surface area (Å²) in [4.78, 5) is 0. The minimum Gasteiger partial charge on any atom is -0.233 e. The second-order valence-electron chi connectivity index (χ2n) is 1.44. The maximum atomic E-state index is 10.3. The predicted octanol–water partition coefficient (Wildman–Crippen LogP) is 1.61. The first-order valence-electron chi connectivity index (χ1n) is 2.47. The summed E-state index contributed by atoms with van der Waals surface area (Å²) in [5.74, 6) is 0. The number of hydrogen-bond donors (Lipinski definition) is 0. The zero-order valence-corrected chi connectivity index (χ0v) is 4.40. The molecule has 0 aromatic heterocycles. The molecule has 0 bridgehead atoms. The Balaban J connectivity index is 2.75.